The van der Waals surface area contributed by atoms with Crippen molar-refractivity contribution in [3.63, 3.8) is 0 Å². The highest BCUT2D eigenvalue weighted by Gasteiger charge is 2.12. The van der Waals surface area contributed by atoms with Crippen LogP contribution in [-0.4, -0.2) is 24.9 Å². The third kappa shape index (κ3) is 1.60. The monoisotopic (exact) mass is 240 g/mol. The lowest BCUT2D eigenvalue weighted by Crippen LogP contribution is -1.97. The number of aromatic nitrogens is 4. The van der Waals surface area contributed by atoms with Crippen LogP contribution in [0.15, 0.2) is 36.7 Å². The minimum Gasteiger partial charge on any atom is -0.306 e. The molecule has 0 spiro atoms. The standard InChI is InChI=1S/C13H12N4O/c1-9(18)10-7-12(16(2)15-10)11-8-17-6-4-3-5-13(17)14-11/h3-8H,1-2H3. The molecule has 0 unspecified atom stereocenters. The molecule has 0 saturated heterocycles. The van der Waals surface area contributed by atoms with Gasteiger partial charge in [-0.05, 0) is 18.2 Å². The summed E-state index contributed by atoms with van der Waals surface area (Å²) in [4.78, 5) is 15.8. The molecule has 3 heterocycles. The number of aryl methyl sites for hydroxylation is 1. The van der Waals surface area contributed by atoms with Crippen LogP contribution in [0, 0.1) is 0 Å². The summed E-state index contributed by atoms with van der Waals surface area (Å²) < 4.78 is 3.62. The fourth-order valence-electron chi connectivity index (χ4n) is 1.94. The van der Waals surface area contributed by atoms with E-state index in [4.69, 9.17) is 0 Å². The minimum absolute atomic E-state index is 0.0411. The Kier molecular flexibility index (Phi) is 2.26. The van der Waals surface area contributed by atoms with Gasteiger partial charge in [0.1, 0.15) is 17.0 Å². The van der Waals surface area contributed by atoms with Crippen LogP contribution >= 0.6 is 0 Å². The summed E-state index contributed by atoms with van der Waals surface area (Å²) in [5.41, 5.74) is 2.98. The quantitative estimate of drug-likeness (QED) is 0.643. The summed E-state index contributed by atoms with van der Waals surface area (Å²) in [6, 6.07) is 7.59. The van der Waals surface area contributed by atoms with Crippen LogP contribution in [0.5, 0.6) is 0 Å². The van der Waals surface area contributed by atoms with Crippen molar-refractivity contribution in [3.05, 3.63) is 42.4 Å². The number of Topliss-reactive ketones (excluding diaryl/α,β-unsaturated/α-hetero) is 1. The van der Waals surface area contributed by atoms with Crippen molar-refractivity contribution >= 4 is 11.4 Å². The fraction of sp³-hybridized carbons (Fsp3) is 0.154. The first kappa shape index (κ1) is 10.7. The Hall–Kier alpha value is -2.43. The largest absolute Gasteiger partial charge is 0.306 e. The summed E-state index contributed by atoms with van der Waals surface area (Å²) in [6.07, 6.45) is 3.87. The number of fused-ring (bicyclic) bond motifs is 1. The third-order valence-electron chi connectivity index (χ3n) is 2.87. The second-order valence-electron chi connectivity index (χ2n) is 4.19. The van der Waals surface area contributed by atoms with Gasteiger partial charge in [0, 0.05) is 26.4 Å². The number of rotatable bonds is 2. The summed E-state index contributed by atoms with van der Waals surface area (Å²) in [7, 11) is 1.81. The van der Waals surface area contributed by atoms with Gasteiger partial charge in [0.15, 0.2) is 5.78 Å². The number of nitrogens with zero attached hydrogens (tertiary/aromatic N) is 4. The average molecular weight is 240 g/mol. The first-order valence-electron chi connectivity index (χ1n) is 5.64. The van der Waals surface area contributed by atoms with E-state index in [1.54, 1.807) is 10.7 Å². The molecular formula is C13H12N4O. The van der Waals surface area contributed by atoms with E-state index < -0.39 is 0 Å². The van der Waals surface area contributed by atoms with Gasteiger partial charge in [0.25, 0.3) is 0 Å². The molecule has 0 radical (unpaired) electrons. The van der Waals surface area contributed by atoms with E-state index in [1.807, 2.05) is 42.0 Å². The molecule has 90 valence electrons. The molecule has 3 aromatic rings. The van der Waals surface area contributed by atoms with E-state index in [-0.39, 0.29) is 5.78 Å². The smallest absolute Gasteiger partial charge is 0.180 e. The Labute approximate surface area is 104 Å². The van der Waals surface area contributed by atoms with Crippen molar-refractivity contribution in [2.75, 3.05) is 0 Å². The summed E-state index contributed by atoms with van der Waals surface area (Å²) in [6.45, 7) is 1.51. The Bertz CT molecular complexity index is 705. The van der Waals surface area contributed by atoms with Gasteiger partial charge in [0.05, 0.1) is 5.69 Å². The van der Waals surface area contributed by atoms with Crippen LogP contribution in [0.3, 0.4) is 0 Å². The van der Waals surface area contributed by atoms with Crippen molar-refractivity contribution in [1.82, 2.24) is 19.2 Å². The van der Waals surface area contributed by atoms with E-state index >= 15 is 0 Å². The van der Waals surface area contributed by atoms with Crippen LogP contribution in [0.4, 0.5) is 0 Å². The van der Waals surface area contributed by atoms with Crippen molar-refractivity contribution in [2.45, 2.75) is 6.92 Å². The Morgan fingerprint density at radius 3 is 2.83 bits per heavy atom. The van der Waals surface area contributed by atoms with Gasteiger partial charge in [-0.2, -0.15) is 5.10 Å². The fourth-order valence-corrected chi connectivity index (χ4v) is 1.94. The molecule has 0 amide bonds. The Balaban J connectivity index is 2.16. The van der Waals surface area contributed by atoms with Crippen molar-refractivity contribution in [3.8, 4) is 11.4 Å². The number of hydrogen-bond donors (Lipinski definition) is 0. The van der Waals surface area contributed by atoms with Gasteiger partial charge < -0.3 is 4.40 Å². The zero-order chi connectivity index (χ0) is 12.7. The van der Waals surface area contributed by atoms with Gasteiger partial charge in [-0.25, -0.2) is 4.98 Å². The number of carbonyl (C=O) groups excluding carboxylic acids is 1. The molecule has 3 aromatic heterocycles. The molecule has 5 heteroatoms. The summed E-state index contributed by atoms with van der Waals surface area (Å²) in [5.74, 6) is -0.0411. The Morgan fingerprint density at radius 2 is 2.17 bits per heavy atom. The number of pyridine rings is 1. The molecular weight excluding hydrogens is 228 g/mol. The highest BCUT2D eigenvalue weighted by Crippen LogP contribution is 2.19. The number of hydrogen-bond acceptors (Lipinski definition) is 3. The molecule has 0 atom stereocenters. The first-order chi connectivity index (χ1) is 8.65. The third-order valence-corrected chi connectivity index (χ3v) is 2.87. The minimum atomic E-state index is -0.0411. The van der Waals surface area contributed by atoms with Crippen LogP contribution in [0.25, 0.3) is 17.0 Å². The lowest BCUT2D eigenvalue weighted by atomic mass is 10.2. The Morgan fingerprint density at radius 1 is 1.33 bits per heavy atom. The average Bonchev–Trinajstić information content (AvgIpc) is 2.91. The molecule has 0 saturated carbocycles. The van der Waals surface area contributed by atoms with Crippen molar-refractivity contribution < 1.29 is 4.79 Å². The molecule has 0 bridgehead atoms. The van der Waals surface area contributed by atoms with Gasteiger partial charge in [0.2, 0.25) is 0 Å². The van der Waals surface area contributed by atoms with Crippen molar-refractivity contribution in [1.29, 1.82) is 0 Å². The maximum atomic E-state index is 11.3. The lowest BCUT2D eigenvalue weighted by molar-refractivity contribution is 0.101. The molecule has 5 nitrogen and oxygen atoms in total. The zero-order valence-corrected chi connectivity index (χ0v) is 10.2. The molecule has 0 N–H and O–H groups in total. The van der Waals surface area contributed by atoms with Gasteiger partial charge in [-0.1, -0.05) is 6.07 Å². The van der Waals surface area contributed by atoms with Crippen LogP contribution in [0.1, 0.15) is 17.4 Å². The van der Waals surface area contributed by atoms with Crippen LogP contribution < -0.4 is 0 Å². The van der Waals surface area contributed by atoms with E-state index in [2.05, 4.69) is 10.1 Å². The number of ketones is 1. The van der Waals surface area contributed by atoms with E-state index in [0.717, 1.165) is 17.0 Å². The van der Waals surface area contributed by atoms with Gasteiger partial charge >= 0.3 is 0 Å². The SMILES string of the molecule is CC(=O)c1cc(-c2cn3ccccc3n2)n(C)n1. The lowest BCUT2D eigenvalue weighted by Gasteiger charge is -1.94. The predicted octanol–water partition coefficient (Wildman–Crippen LogP) is 1.94. The van der Waals surface area contributed by atoms with Crippen LogP contribution in [-0.2, 0) is 7.05 Å². The second-order valence-corrected chi connectivity index (χ2v) is 4.19. The van der Waals surface area contributed by atoms with E-state index in [1.165, 1.54) is 6.92 Å². The van der Waals surface area contributed by atoms with Gasteiger partial charge in [-0.3, -0.25) is 9.48 Å². The molecule has 0 aromatic carbocycles. The van der Waals surface area contributed by atoms with E-state index in [9.17, 15) is 4.79 Å². The maximum Gasteiger partial charge on any atom is 0.180 e. The molecule has 0 fully saturated rings. The first-order valence-corrected chi connectivity index (χ1v) is 5.64. The summed E-state index contributed by atoms with van der Waals surface area (Å²) >= 11 is 0. The van der Waals surface area contributed by atoms with Gasteiger partial charge in [-0.15, -0.1) is 0 Å². The molecule has 0 aliphatic carbocycles. The van der Waals surface area contributed by atoms with Crippen molar-refractivity contribution in [2.24, 2.45) is 7.05 Å². The second kappa shape index (κ2) is 3.80. The number of carbonyl (C=O) groups is 1. The predicted molar refractivity (Wildman–Crippen MR) is 67.4 cm³/mol. The molecule has 18 heavy (non-hydrogen) atoms. The molecule has 0 aliphatic heterocycles. The maximum absolute atomic E-state index is 11.3. The highest BCUT2D eigenvalue weighted by molar-refractivity contribution is 5.93. The zero-order valence-electron chi connectivity index (χ0n) is 10.2. The molecule has 3 rings (SSSR count). The topological polar surface area (TPSA) is 52.2 Å². The normalized spacial score (nSPS) is 11.0. The molecule has 0 aliphatic rings. The van der Waals surface area contributed by atoms with Crippen LogP contribution in [0.2, 0.25) is 0 Å². The van der Waals surface area contributed by atoms with E-state index in [0.29, 0.717) is 5.69 Å². The summed E-state index contributed by atoms with van der Waals surface area (Å²) in [5, 5.41) is 4.17. The number of imidazole rings is 1. The highest BCUT2D eigenvalue weighted by atomic mass is 16.1.